The summed E-state index contributed by atoms with van der Waals surface area (Å²) in [6.07, 6.45) is 0. The highest BCUT2D eigenvalue weighted by Gasteiger charge is 1.84. The summed E-state index contributed by atoms with van der Waals surface area (Å²) in [4.78, 5) is 0. The first-order chi connectivity index (χ1) is 3.46. The highest BCUT2D eigenvalue weighted by Crippen LogP contribution is 1.93. The Morgan fingerprint density at radius 3 is 0.750 bits per heavy atom. The zero-order valence-corrected chi connectivity index (χ0v) is 4.93. The van der Waals surface area contributed by atoms with Crippen LogP contribution in [0.15, 0.2) is 0 Å². The smallest absolute Gasteiger partial charge is 0.192 e. The van der Waals surface area contributed by atoms with Crippen LogP contribution in [0.4, 0.5) is 17.6 Å². The van der Waals surface area contributed by atoms with Crippen molar-refractivity contribution in [3.05, 3.63) is 0 Å². The maximum atomic E-state index is 10.1. The van der Waals surface area contributed by atoms with E-state index in [9.17, 15) is 17.6 Å². The molecular formula is C2H2Cl2F4. The monoisotopic (exact) mass is 172 g/mol. The molecule has 0 spiro atoms. The van der Waals surface area contributed by atoms with Crippen molar-refractivity contribution in [1.29, 1.82) is 0 Å². The van der Waals surface area contributed by atoms with E-state index >= 15 is 0 Å². The van der Waals surface area contributed by atoms with E-state index in [0.29, 0.717) is 0 Å². The van der Waals surface area contributed by atoms with Crippen molar-refractivity contribution in [3.63, 3.8) is 0 Å². The van der Waals surface area contributed by atoms with Crippen LogP contribution in [-0.2, 0) is 0 Å². The van der Waals surface area contributed by atoms with Gasteiger partial charge in [0.05, 0.1) is 0 Å². The summed E-state index contributed by atoms with van der Waals surface area (Å²) in [5.41, 5.74) is 0. The fraction of sp³-hybridized carbons (Fsp3) is 1.00. The Kier molecular flexibility index (Phi) is 10.2. The average molecular weight is 173 g/mol. The summed E-state index contributed by atoms with van der Waals surface area (Å²) in [6.45, 7) is 0. The van der Waals surface area contributed by atoms with Crippen LogP contribution in [0.1, 0.15) is 0 Å². The molecule has 0 aliphatic heterocycles. The molecule has 6 heteroatoms. The first kappa shape index (κ1) is 11.1. The zero-order valence-electron chi connectivity index (χ0n) is 3.42. The van der Waals surface area contributed by atoms with Gasteiger partial charge in [-0.25, -0.2) is 0 Å². The molecular weight excluding hydrogens is 171 g/mol. The Balaban J connectivity index is 0. The Morgan fingerprint density at radius 1 is 0.750 bits per heavy atom. The van der Waals surface area contributed by atoms with Gasteiger partial charge in [-0.1, -0.05) is 23.2 Å². The summed E-state index contributed by atoms with van der Waals surface area (Å²) in [6, 6.07) is 0. The summed E-state index contributed by atoms with van der Waals surface area (Å²) in [7, 11) is 0. The molecule has 0 aliphatic carbocycles. The molecule has 0 atom stereocenters. The third kappa shape index (κ3) is 1970. The van der Waals surface area contributed by atoms with Crippen molar-refractivity contribution >= 4 is 23.2 Å². The van der Waals surface area contributed by atoms with Crippen LogP contribution in [0.25, 0.3) is 0 Å². The van der Waals surface area contributed by atoms with E-state index in [1.165, 1.54) is 0 Å². The van der Waals surface area contributed by atoms with Gasteiger partial charge in [0, 0.05) is 0 Å². The van der Waals surface area contributed by atoms with Gasteiger partial charge in [0.2, 0.25) is 0 Å². The molecule has 0 bridgehead atoms. The lowest BCUT2D eigenvalue weighted by molar-refractivity contribution is 0.243. The Bertz CT molecular complexity index is 27.5. The van der Waals surface area contributed by atoms with Crippen LogP contribution in [0.5, 0.6) is 0 Å². The third-order valence-corrected chi connectivity index (χ3v) is 0. The fourth-order valence-corrected chi connectivity index (χ4v) is 0. The molecule has 52 valence electrons. The minimum Gasteiger partial charge on any atom is -0.192 e. The van der Waals surface area contributed by atoms with E-state index in [4.69, 9.17) is 0 Å². The summed E-state index contributed by atoms with van der Waals surface area (Å²) < 4.78 is 40.4. The molecule has 0 fully saturated rings. The first-order valence-electron chi connectivity index (χ1n) is 1.31. The van der Waals surface area contributed by atoms with Gasteiger partial charge in [0.15, 0.2) is 0 Å². The van der Waals surface area contributed by atoms with Crippen molar-refractivity contribution in [1.82, 2.24) is 0 Å². The summed E-state index contributed by atoms with van der Waals surface area (Å²) >= 11 is 7.88. The third-order valence-electron chi connectivity index (χ3n) is 0. The van der Waals surface area contributed by atoms with Crippen LogP contribution in [0.3, 0.4) is 0 Å². The van der Waals surface area contributed by atoms with Crippen molar-refractivity contribution in [3.8, 4) is 0 Å². The van der Waals surface area contributed by atoms with Gasteiger partial charge in [-0.3, -0.25) is 0 Å². The minimum atomic E-state index is -2.69. The lowest BCUT2D eigenvalue weighted by Gasteiger charge is -1.66. The van der Waals surface area contributed by atoms with Crippen LogP contribution in [-0.4, -0.2) is 11.8 Å². The van der Waals surface area contributed by atoms with E-state index < -0.39 is 11.8 Å². The van der Waals surface area contributed by atoms with E-state index in [1.807, 2.05) is 0 Å². The molecule has 0 N–H and O–H groups in total. The van der Waals surface area contributed by atoms with Crippen LogP contribution < -0.4 is 0 Å². The van der Waals surface area contributed by atoms with Crippen molar-refractivity contribution in [2.45, 2.75) is 11.8 Å². The first-order valence-corrected chi connectivity index (χ1v) is 2.18. The molecule has 0 nitrogen and oxygen atoms in total. The van der Waals surface area contributed by atoms with Gasteiger partial charge < -0.3 is 0 Å². The minimum absolute atomic E-state index is 2.69. The van der Waals surface area contributed by atoms with Gasteiger partial charge in [-0.15, -0.1) is 0 Å². The molecule has 0 unspecified atom stereocenters. The second-order valence-corrected chi connectivity index (χ2v) is 1.15. The molecule has 0 aromatic carbocycles. The second-order valence-electron chi connectivity index (χ2n) is 0.495. The number of halogens is 6. The molecule has 0 aromatic rings. The van der Waals surface area contributed by atoms with Crippen LogP contribution in [0.2, 0.25) is 0 Å². The lowest BCUT2D eigenvalue weighted by Crippen LogP contribution is -1.62. The van der Waals surface area contributed by atoms with Crippen LogP contribution in [0, 0.1) is 0 Å². The normalized spacial score (nSPS) is 9.00. The van der Waals surface area contributed by atoms with E-state index in [0.717, 1.165) is 0 Å². The average Bonchev–Trinajstić information content (AvgIpc) is 1.25. The molecule has 0 saturated carbocycles. The number of alkyl halides is 6. The van der Waals surface area contributed by atoms with E-state index in [-0.39, 0.29) is 0 Å². The molecule has 0 heterocycles. The maximum Gasteiger partial charge on any atom is 0.312 e. The summed E-state index contributed by atoms with van der Waals surface area (Å²) in [5.74, 6) is -5.39. The SMILES string of the molecule is FC(F)Cl.FC(F)Cl. The Hall–Kier alpha value is 0.300. The van der Waals surface area contributed by atoms with Gasteiger partial charge >= 0.3 is 11.8 Å². The molecule has 8 heavy (non-hydrogen) atoms. The van der Waals surface area contributed by atoms with Crippen molar-refractivity contribution in [2.75, 3.05) is 0 Å². The topological polar surface area (TPSA) is 0 Å². The molecule has 0 radical (unpaired) electrons. The number of hydrogen-bond donors (Lipinski definition) is 0. The molecule has 0 aromatic heterocycles. The Morgan fingerprint density at radius 2 is 0.750 bits per heavy atom. The van der Waals surface area contributed by atoms with E-state index in [2.05, 4.69) is 23.2 Å². The van der Waals surface area contributed by atoms with Crippen molar-refractivity contribution < 1.29 is 17.6 Å². The lowest BCUT2D eigenvalue weighted by atomic mass is 11.7. The van der Waals surface area contributed by atoms with Gasteiger partial charge in [0.25, 0.3) is 0 Å². The quantitative estimate of drug-likeness (QED) is 0.390. The van der Waals surface area contributed by atoms with E-state index in [1.54, 1.807) is 0 Å². The highest BCUT2D eigenvalue weighted by atomic mass is 35.5. The Labute approximate surface area is 53.4 Å². The van der Waals surface area contributed by atoms with Gasteiger partial charge in [-0.05, 0) is 0 Å². The molecule has 0 rings (SSSR count). The second kappa shape index (κ2) is 7.30. The maximum absolute atomic E-state index is 10.1. The zero-order chi connectivity index (χ0) is 7.15. The predicted octanol–water partition coefficient (Wildman–Crippen LogP) is 2.90. The number of hydrogen-bond acceptors (Lipinski definition) is 0. The summed E-state index contributed by atoms with van der Waals surface area (Å²) in [5, 5.41) is 0. The standard InChI is InChI=1S/2CHClF2/c2*2-1(3)4/h2*1H. The molecule has 0 saturated heterocycles. The van der Waals surface area contributed by atoms with Crippen molar-refractivity contribution in [2.24, 2.45) is 0 Å². The predicted molar refractivity (Wildman–Crippen MR) is 23.7 cm³/mol. The van der Waals surface area contributed by atoms with Crippen LogP contribution >= 0.6 is 23.2 Å². The number of rotatable bonds is 0. The fourth-order valence-electron chi connectivity index (χ4n) is 0. The highest BCUT2D eigenvalue weighted by molar-refractivity contribution is 6.18. The molecule has 0 aliphatic rings. The van der Waals surface area contributed by atoms with Gasteiger partial charge in [-0.2, -0.15) is 17.6 Å². The molecule has 0 amide bonds. The van der Waals surface area contributed by atoms with Gasteiger partial charge in [0.1, 0.15) is 0 Å². The largest absolute Gasteiger partial charge is 0.312 e.